The SMILES string of the molecule is O=C(CN1CCOCC1)N[C@@H](Cc1ccccc1)C(=O)C[C@@H](COC(F)F)C(=O)OCc1ccccc1. The summed E-state index contributed by atoms with van der Waals surface area (Å²) in [6, 6.07) is 17.0. The van der Waals surface area contributed by atoms with Crippen LogP contribution in [0, 0.1) is 5.92 Å². The van der Waals surface area contributed by atoms with Gasteiger partial charge in [0, 0.05) is 19.5 Å². The highest BCUT2D eigenvalue weighted by Gasteiger charge is 2.30. The van der Waals surface area contributed by atoms with Crippen molar-refractivity contribution in [2.75, 3.05) is 39.5 Å². The lowest BCUT2D eigenvalue weighted by atomic mass is 9.95. The van der Waals surface area contributed by atoms with Gasteiger partial charge in [-0.2, -0.15) is 8.78 Å². The van der Waals surface area contributed by atoms with Gasteiger partial charge in [0.15, 0.2) is 5.78 Å². The van der Waals surface area contributed by atoms with Crippen LogP contribution in [0.15, 0.2) is 60.7 Å². The van der Waals surface area contributed by atoms with Crippen molar-refractivity contribution >= 4 is 17.7 Å². The molecule has 0 aromatic heterocycles. The van der Waals surface area contributed by atoms with Gasteiger partial charge in [0.05, 0.1) is 38.3 Å². The first-order valence-electron chi connectivity index (χ1n) is 12.2. The highest BCUT2D eigenvalue weighted by atomic mass is 19.3. The number of ether oxygens (including phenoxy) is 3. The first-order chi connectivity index (χ1) is 17.9. The summed E-state index contributed by atoms with van der Waals surface area (Å²) in [5.41, 5.74) is 1.52. The summed E-state index contributed by atoms with van der Waals surface area (Å²) < 4.78 is 40.5. The normalized spacial score (nSPS) is 15.6. The smallest absolute Gasteiger partial charge is 0.345 e. The summed E-state index contributed by atoms with van der Waals surface area (Å²) >= 11 is 0. The van der Waals surface area contributed by atoms with Crippen LogP contribution in [0.25, 0.3) is 0 Å². The van der Waals surface area contributed by atoms with Gasteiger partial charge in [0.1, 0.15) is 6.61 Å². The number of benzene rings is 2. The molecule has 1 heterocycles. The van der Waals surface area contributed by atoms with Gasteiger partial charge in [-0.3, -0.25) is 19.3 Å². The van der Waals surface area contributed by atoms with Crippen LogP contribution in [0.4, 0.5) is 8.78 Å². The lowest BCUT2D eigenvalue weighted by Crippen LogP contribution is -2.49. The Labute approximate surface area is 214 Å². The van der Waals surface area contributed by atoms with Crippen LogP contribution in [0.2, 0.25) is 0 Å². The van der Waals surface area contributed by atoms with Gasteiger partial charge in [-0.1, -0.05) is 60.7 Å². The highest BCUT2D eigenvalue weighted by Crippen LogP contribution is 2.15. The fourth-order valence-electron chi connectivity index (χ4n) is 3.93. The number of carbonyl (C=O) groups excluding carboxylic acids is 3. The summed E-state index contributed by atoms with van der Waals surface area (Å²) in [7, 11) is 0. The zero-order chi connectivity index (χ0) is 26.5. The highest BCUT2D eigenvalue weighted by molar-refractivity contribution is 5.92. The average Bonchev–Trinajstić information content (AvgIpc) is 2.90. The van der Waals surface area contributed by atoms with Crippen LogP contribution in [0.5, 0.6) is 0 Å². The number of rotatable bonds is 14. The number of morpholine rings is 1. The minimum Gasteiger partial charge on any atom is -0.461 e. The Kier molecular flexibility index (Phi) is 11.6. The second kappa shape index (κ2) is 15.1. The van der Waals surface area contributed by atoms with E-state index >= 15 is 0 Å². The molecule has 2 aromatic carbocycles. The molecule has 0 aliphatic carbocycles. The van der Waals surface area contributed by atoms with E-state index in [1.807, 2.05) is 41.3 Å². The predicted octanol–water partition coefficient (Wildman–Crippen LogP) is 2.60. The van der Waals surface area contributed by atoms with E-state index in [0.29, 0.717) is 31.9 Å². The van der Waals surface area contributed by atoms with Gasteiger partial charge in [-0.25, -0.2) is 0 Å². The molecule has 8 nitrogen and oxygen atoms in total. The number of nitrogens with zero attached hydrogens (tertiary/aromatic N) is 1. The summed E-state index contributed by atoms with van der Waals surface area (Å²) in [5, 5.41) is 2.77. The van der Waals surface area contributed by atoms with Crippen LogP contribution < -0.4 is 5.32 Å². The number of nitrogens with one attached hydrogen (secondary N) is 1. The number of halogens is 2. The minimum absolute atomic E-state index is 0.0667. The number of amides is 1. The first-order valence-corrected chi connectivity index (χ1v) is 12.2. The lowest BCUT2D eigenvalue weighted by molar-refractivity contribution is -0.166. The van der Waals surface area contributed by atoms with E-state index in [9.17, 15) is 23.2 Å². The molecule has 1 aliphatic rings. The molecule has 0 bridgehead atoms. The van der Waals surface area contributed by atoms with Crippen molar-refractivity contribution in [1.82, 2.24) is 10.2 Å². The molecule has 1 amide bonds. The third kappa shape index (κ3) is 10.4. The molecule has 1 fully saturated rings. The van der Waals surface area contributed by atoms with Crippen molar-refractivity contribution in [2.45, 2.75) is 32.1 Å². The largest absolute Gasteiger partial charge is 0.461 e. The molecule has 0 spiro atoms. The van der Waals surface area contributed by atoms with Crippen LogP contribution >= 0.6 is 0 Å². The molecule has 1 aliphatic heterocycles. The van der Waals surface area contributed by atoms with Gasteiger partial charge >= 0.3 is 12.6 Å². The topological polar surface area (TPSA) is 94.2 Å². The van der Waals surface area contributed by atoms with E-state index in [1.54, 1.807) is 24.3 Å². The van der Waals surface area contributed by atoms with Crippen molar-refractivity contribution in [2.24, 2.45) is 5.92 Å². The van der Waals surface area contributed by atoms with Crippen LogP contribution in [-0.2, 0) is 41.6 Å². The molecule has 37 heavy (non-hydrogen) atoms. The van der Waals surface area contributed by atoms with Crippen LogP contribution in [0.3, 0.4) is 0 Å². The first kappa shape index (κ1) is 28.4. The Hall–Kier alpha value is -3.21. The summed E-state index contributed by atoms with van der Waals surface area (Å²) in [5.74, 6) is -2.89. The lowest BCUT2D eigenvalue weighted by Gasteiger charge is -2.27. The van der Waals surface area contributed by atoms with E-state index in [-0.39, 0.29) is 25.5 Å². The molecule has 0 unspecified atom stereocenters. The molecular weight excluding hydrogens is 486 g/mol. The third-order valence-electron chi connectivity index (χ3n) is 5.91. The molecule has 10 heteroatoms. The van der Waals surface area contributed by atoms with Crippen LogP contribution in [0.1, 0.15) is 17.5 Å². The zero-order valence-electron chi connectivity index (χ0n) is 20.5. The quantitative estimate of drug-likeness (QED) is 0.384. The molecule has 1 N–H and O–H groups in total. The van der Waals surface area contributed by atoms with Crippen molar-refractivity contribution in [3.8, 4) is 0 Å². The van der Waals surface area contributed by atoms with E-state index in [4.69, 9.17) is 9.47 Å². The third-order valence-corrected chi connectivity index (χ3v) is 5.91. The fraction of sp³-hybridized carbons (Fsp3) is 0.444. The average molecular weight is 519 g/mol. The fourth-order valence-corrected chi connectivity index (χ4v) is 3.93. The molecule has 2 aromatic rings. The number of esters is 1. The standard InChI is InChI=1S/C27H32F2N2O6/c28-27(29)37-19-22(26(34)36-18-21-9-5-2-6-10-21)16-24(32)23(15-20-7-3-1-4-8-20)30-25(33)17-31-11-13-35-14-12-31/h1-10,22-23,27H,11-19H2,(H,30,33)/t22-,23-/m0/s1. The van der Waals surface area contributed by atoms with Crippen molar-refractivity contribution in [1.29, 1.82) is 0 Å². The Balaban J connectivity index is 1.67. The second-order valence-electron chi connectivity index (χ2n) is 8.75. The van der Waals surface area contributed by atoms with Gasteiger partial charge in [-0.15, -0.1) is 0 Å². The Morgan fingerprint density at radius 2 is 1.57 bits per heavy atom. The van der Waals surface area contributed by atoms with Gasteiger partial charge in [0.2, 0.25) is 5.91 Å². The number of carbonyl (C=O) groups is 3. The van der Waals surface area contributed by atoms with Crippen molar-refractivity contribution in [3.05, 3.63) is 71.8 Å². The molecular formula is C27H32F2N2O6. The predicted molar refractivity (Wildman–Crippen MR) is 131 cm³/mol. The molecule has 3 rings (SSSR count). The van der Waals surface area contributed by atoms with Crippen molar-refractivity contribution in [3.63, 3.8) is 0 Å². The zero-order valence-corrected chi connectivity index (χ0v) is 20.5. The number of hydrogen-bond acceptors (Lipinski definition) is 7. The van der Waals surface area contributed by atoms with Crippen molar-refractivity contribution < 1.29 is 37.4 Å². The maximum Gasteiger partial charge on any atom is 0.345 e. The maximum absolute atomic E-state index is 13.3. The number of ketones is 1. The molecule has 200 valence electrons. The minimum atomic E-state index is -3.10. The molecule has 0 radical (unpaired) electrons. The summed E-state index contributed by atoms with van der Waals surface area (Å²) in [6.07, 6.45) is -0.230. The van der Waals surface area contributed by atoms with Crippen LogP contribution in [-0.4, -0.2) is 74.7 Å². The van der Waals surface area contributed by atoms with E-state index in [1.165, 1.54) is 0 Å². The Bertz CT molecular complexity index is 987. The second-order valence-corrected chi connectivity index (χ2v) is 8.75. The number of Topliss-reactive ketones (excluding diaryl/α,β-unsaturated/α-hetero) is 1. The van der Waals surface area contributed by atoms with Gasteiger partial charge in [-0.05, 0) is 17.5 Å². The van der Waals surface area contributed by atoms with E-state index in [0.717, 1.165) is 5.56 Å². The Morgan fingerprint density at radius 1 is 0.946 bits per heavy atom. The summed E-state index contributed by atoms with van der Waals surface area (Å²) in [6.45, 7) is -1.50. The Morgan fingerprint density at radius 3 is 2.19 bits per heavy atom. The number of alkyl halides is 2. The summed E-state index contributed by atoms with van der Waals surface area (Å²) in [4.78, 5) is 40.7. The van der Waals surface area contributed by atoms with Gasteiger partial charge in [0.25, 0.3) is 0 Å². The van der Waals surface area contributed by atoms with E-state index < -0.39 is 43.4 Å². The molecule has 2 atom stereocenters. The monoisotopic (exact) mass is 518 g/mol. The molecule has 0 saturated carbocycles. The van der Waals surface area contributed by atoms with Gasteiger partial charge < -0.3 is 19.5 Å². The number of hydrogen-bond donors (Lipinski definition) is 1. The molecule has 1 saturated heterocycles. The maximum atomic E-state index is 13.3. The van der Waals surface area contributed by atoms with E-state index in [2.05, 4.69) is 10.1 Å².